The number of nitriles is 1. The first-order valence-corrected chi connectivity index (χ1v) is 16.2. The molecule has 48 heavy (non-hydrogen) atoms. The van der Waals surface area contributed by atoms with Crippen molar-refractivity contribution in [2.24, 2.45) is 0 Å². The number of nitrogens with zero attached hydrogens (tertiary/aromatic N) is 2. The monoisotopic (exact) mass is 608 g/mol. The molecule has 0 fully saturated rings. The van der Waals surface area contributed by atoms with Crippen molar-refractivity contribution in [3.8, 4) is 84.2 Å². The molecule has 0 amide bonds. The normalized spacial score (nSPS) is 11.3. The third-order valence-electron chi connectivity index (χ3n) is 9.49. The van der Waals surface area contributed by atoms with Crippen LogP contribution in [-0.4, -0.2) is 4.98 Å². The maximum Gasteiger partial charge on any atom is 0.0991 e. The van der Waals surface area contributed by atoms with E-state index in [1.54, 1.807) is 0 Å². The molecule has 0 unspecified atom stereocenters. The molecule has 9 rings (SSSR count). The van der Waals surface area contributed by atoms with E-state index in [2.05, 4.69) is 158 Å². The van der Waals surface area contributed by atoms with Gasteiger partial charge in [0.15, 0.2) is 0 Å². The van der Waals surface area contributed by atoms with Gasteiger partial charge in [-0.15, -0.1) is 0 Å². The number of benzene rings is 7. The van der Waals surface area contributed by atoms with Gasteiger partial charge in [0.05, 0.1) is 23.0 Å². The highest BCUT2D eigenvalue weighted by atomic mass is 14.7. The van der Waals surface area contributed by atoms with Crippen LogP contribution in [0.2, 0.25) is 0 Å². The summed E-state index contributed by atoms with van der Waals surface area (Å²) in [5.41, 5.74) is 16.5. The van der Waals surface area contributed by atoms with Crippen molar-refractivity contribution in [2.75, 3.05) is 0 Å². The Labute approximate surface area is 279 Å². The van der Waals surface area contributed by atoms with E-state index in [0.29, 0.717) is 5.56 Å². The Hall–Kier alpha value is -6.56. The molecule has 1 aromatic heterocycles. The molecule has 7 aromatic carbocycles. The highest BCUT2D eigenvalue weighted by molar-refractivity contribution is 6.23. The summed E-state index contributed by atoms with van der Waals surface area (Å²) < 4.78 is 0. The molecule has 0 radical (unpaired) electrons. The third-order valence-corrected chi connectivity index (χ3v) is 9.49. The highest BCUT2D eigenvalue weighted by Gasteiger charge is 2.25. The molecule has 0 atom stereocenters. The Kier molecular flexibility index (Phi) is 6.56. The topological polar surface area (TPSA) is 36.7 Å². The largest absolute Gasteiger partial charge is 0.248 e. The van der Waals surface area contributed by atoms with Gasteiger partial charge in [0.25, 0.3) is 0 Å². The summed E-state index contributed by atoms with van der Waals surface area (Å²) in [7, 11) is 0. The Morgan fingerprint density at radius 3 is 1.38 bits per heavy atom. The van der Waals surface area contributed by atoms with Crippen molar-refractivity contribution >= 4 is 10.8 Å². The average molecular weight is 609 g/mol. The van der Waals surface area contributed by atoms with Crippen LogP contribution >= 0.6 is 0 Å². The fourth-order valence-corrected chi connectivity index (χ4v) is 7.25. The number of hydrogen-bond acceptors (Lipinski definition) is 2. The van der Waals surface area contributed by atoms with Gasteiger partial charge < -0.3 is 0 Å². The SMILES string of the molecule is N#Cc1ccc(-c2ccc3c4c(ccc(-c5ccccc5-c5cc(-c6ccccc6)cc(-c6ccccc6)n5)c24)-c2ccccc2-3)cc1. The maximum absolute atomic E-state index is 9.51. The van der Waals surface area contributed by atoms with Crippen LogP contribution in [0.5, 0.6) is 0 Å². The predicted octanol–water partition coefficient (Wildman–Crippen LogP) is 12.1. The van der Waals surface area contributed by atoms with E-state index in [-0.39, 0.29) is 0 Å². The van der Waals surface area contributed by atoms with Crippen LogP contribution in [0, 0.1) is 11.3 Å². The van der Waals surface area contributed by atoms with Gasteiger partial charge in [-0.1, -0.05) is 146 Å². The van der Waals surface area contributed by atoms with E-state index in [0.717, 1.165) is 55.9 Å². The molecule has 2 heteroatoms. The van der Waals surface area contributed by atoms with Gasteiger partial charge >= 0.3 is 0 Å². The Morgan fingerprint density at radius 1 is 0.333 bits per heavy atom. The number of pyridine rings is 1. The molecule has 0 bridgehead atoms. The van der Waals surface area contributed by atoms with E-state index >= 15 is 0 Å². The lowest BCUT2D eigenvalue weighted by Gasteiger charge is -2.18. The Balaban J connectivity index is 1.33. The first-order valence-electron chi connectivity index (χ1n) is 16.2. The van der Waals surface area contributed by atoms with Gasteiger partial charge in [0, 0.05) is 11.1 Å². The van der Waals surface area contributed by atoms with Gasteiger partial charge in [0.2, 0.25) is 0 Å². The number of fused-ring (bicyclic) bond motifs is 3. The third kappa shape index (κ3) is 4.53. The summed E-state index contributed by atoms with van der Waals surface area (Å²) in [6.07, 6.45) is 0. The second-order valence-corrected chi connectivity index (χ2v) is 12.2. The summed E-state index contributed by atoms with van der Waals surface area (Å²) in [5, 5.41) is 12.0. The van der Waals surface area contributed by atoms with Crippen LogP contribution in [0.25, 0.3) is 88.9 Å². The number of aromatic nitrogens is 1. The van der Waals surface area contributed by atoms with Crippen molar-refractivity contribution in [2.45, 2.75) is 0 Å². The lowest BCUT2D eigenvalue weighted by atomic mass is 9.86. The molecule has 8 aromatic rings. The van der Waals surface area contributed by atoms with Crippen LogP contribution in [0.4, 0.5) is 0 Å². The van der Waals surface area contributed by atoms with Crippen molar-refractivity contribution in [1.82, 2.24) is 4.98 Å². The molecule has 0 saturated carbocycles. The first kappa shape index (κ1) is 27.7. The summed E-state index contributed by atoms with van der Waals surface area (Å²) in [4.78, 5) is 5.31. The summed E-state index contributed by atoms with van der Waals surface area (Å²) >= 11 is 0. The molecule has 2 nitrogen and oxygen atoms in total. The number of hydrogen-bond donors (Lipinski definition) is 0. The molecule has 1 aliphatic rings. The van der Waals surface area contributed by atoms with E-state index in [1.165, 1.54) is 33.0 Å². The molecule has 0 aliphatic heterocycles. The van der Waals surface area contributed by atoms with Crippen LogP contribution in [0.3, 0.4) is 0 Å². The summed E-state index contributed by atoms with van der Waals surface area (Å²) in [6.45, 7) is 0. The molecule has 1 heterocycles. The maximum atomic E-state index is 9.51. The van der Waals surface area contributed by atoms with Gasteiger partial charge in [-0.05, 0) is 90.7 Å². The van der Waals surface area contributed by atoms with E-state index in [1.807, 2.05) is 18.2 Å². The van der Waals surface area contributed by atoms with E-state index < -0.39 is 0 Å². The highest BCUT2D eigenvalue weighted by Crippen LogP contribution is 2.52. The minimum Gasteiger partial charge on any atom is -0.248 e. The smallest absolute Gasteiger partial charge is 0.0991 e. The van der Waals surface area contributed by atoms with Gasteiger partial charge in [0.1, 0.15) is 0 Å². The fourth-order valence-electron chi connectivity index (χ4n) is 7.25. The van der Waals surface area contributed by atoms with Crippen molar-refractivity contribution in [1.29, 1.82) is 5.26 Å². The average Bonchev–Trinajstić information content (AvgIpc) is 3.50. The van der Waals surface area contributed by atoms with Crippen LogP contribution in [-0.2, 0) is 0 Å². The standard InChI is InChI=1S/C46H28N2/c47-29-30-19-21-32(22-20-30)35-23-24-40-36-15-7-8-16-37(36)41-25-26-42(45(35)46(40)41)38-17-9-10-18-39(38)44-28-34(31-11-3-1-4-12-31)27-43(48-44)33-13-5-2-6-14-33/h1-28H. The molecule has 0 saturated heterocycles. The second-order valence-electron chi connectivity index (χ2n) is 12.2. The van der Waals surface area contributed by atoms with E-state index in [4.69, 9.17) is 4.98 Å². The van der Waals surface area contributed by atoms with Crippen LogP contribution in [0.1, 0.15) is 5.56 Å². The Morgan fingerprint density at radius 2 is 0.792 bits per heavy atom. The zero-order chi connectivity index (χ0) is 32.0. The minimum atomic E-state index is 0.654. The van der Waals surface area contributed by atoms with Gasteiger partial charge in [-0.25, -0.2) is 4.98 Å². The van der Waals surface area contributed by atoms with Crippen LogP contribution in [0.15, 0.2) is 170 Å². The van der Waals surface area contributed by atoms with Gasteiger partial charge in [-0.3, -0.25) is 0 Å². The second kappa shape index (κ2) is 11.4. The van der Waals surface area contributed by atoms with Crippen LogP contribution < -0.4 is 0 Å². The van der Waals surface area contributed by atoms with Crippen molar-refractivity contribution in [3.63, 3.8) is 0 Å². The molecular formula is C46H28N2. The lowest BCUT2D eigenvalue weighted by Crippen LogP contribution is -1.94. The molecule has 0 N–H and O–H groups in total. The lowest BCUT2D eigenvalue weighted by molar-refractivity contribution is 1.32. The predicted molar refractivity (Wildman–Crippen MR) is 198 cm³/mol. The first-order chi connectivity index (χ1) is 23.8. The van der Waals surface area contributed by atoms with E-state index in [9.17, 15) is 5.26 Å². The number of rotatable bonds is 5. The zero-order valence-corrected chi connectivity index (χ0v) is 26.1. The van der Waals surface area contributed by atoms with Crippen molar-refractivity contribution < 1.29 is 0 Å². The summed E-state index contributed by atoms with van der Waals surface area (Å²) in [6, 6.07) is 62.0. The minimum absolute atomic E-state index is 0.654. The zero-order valence-electron chi connectivity index (χ0n) is 26.1. The Bertz CT molecular complexity index is 2450. The molecule has 222 valence electrons. The quantitative estimate of drug-likeness (QED) is 0.195. The fraction of sp³-hybridized carbons (Fsp3) is 0. The van der Waals surface area contributed by atoms with Crippen molar-refractivity contribution in [3.05, 3.63) is 175 Å². The molecular weight excluding hydrogens is 581 g/mol. The summed E-state index contributed by atoms with van der Waals surface area (Å²) in [5.74, 6) is 0. The van der Waals surface area contributed by atoms with Gasteiger partial charge in [-0.2, -0.15) is 5.26 Å². The molecule has 0 spiro atoms. The molecule has 1 aliphatic carbocycles.